The van der Waals surface area contributed by atoms with Crippen molar-refractivity contribution in [3.63, 3.8) is 0 Å². The van der Waals surface area contributed by atoms with Crippen LogP contribution >= 0.6 is 0 Å². The molecule has 1 aromatic heterocycles. The highest BCUT2D eigenvalue weighted by Gasteiger charge is 2.23. The Labute approximate surface area is 182 Å². The van der Waals surface area contributed by atoms with Gasteiger partial charge in [0.15, 0.2) is 5.82 Å². The van der Waals surface area contributed by atoms with Crippen LogP contribution in [0, 0.1) is 0 Å². The van der Waals surface area contributed by atoms with E-state index in [4.69, 9.17) is 26.7 Å². The number of nitrogens with two attached hydrogens (primary N) is 3. The number of benzene rings is 1. The van der Waals surface area contributed by atoms with Gasteiger partial charge in [0.05, 0.1) is 37.4 Å². The van der Waals surface area contributed by atoms with Crippen LogP contribution in [0.5, 0.6) is 5.75 Å². The third-order valence-corrected chi connectivity index (χ3v) is 5.96. The number of methoxy groups -OCH3 is 1. The van der Waals surface area contributed by atoms with Crippen molar-refractivity contribution < 1.29 is 9.47 Å². The number of morpholine rings is 1. The number of nitrogens with zero attached hydrogens (tertiary/aromatic N) is 5. The minimum absolute atomic E-state index is 0.158. The molecule has 0 radical (unpaired) electrons. The van der Waals surface area contributed by atoms with Gasteiger partial charge < -0.3 is 41.4 Å². The SMILES string of the molecule is COc1cc(N2CCN(C)CC2)c(N)cc1Cc1nc(N)nc(N)c1N1CCOCC1. The van der Waals surface area contributed by atoms with E-state index in [-0.39, 0.29) is 5.95 Å². The van der Waals surface area contributed by atoms with E-state index in [0.29, 0.717) is 25.5 Å². The van der Waals surface area contributed by atoms with Crippen molar-refractivity contribution in [3.8, 4) is 5.75 Å². The summed E-state index contributed by atoms with van der Waals surface area (Å²) in [6.45, 7) is 6.61. The van der Waals surface area contributed by atoms with Gasteiger partial charge in [-0.25, -0.2) is 4.98 Å². The second kappa shape index (κ2) is 9.03. The monoisotopic (exact) mass is 428 g/mol. The predicted molar refractivity (Wildman–Crippen MR) is 124 cm³/mol. The molecule has 6 N–H and O–H groups in total. The highest BCUT2D eigenvalue weighted by molar-refractivity contribution is 5.73. The summed E-state index contributed by atoms with van der Waals surface area (Å²) in [6.07, 6.45) is 0.486. The van der Waals surface area contributed by atoms with E-state index in [1.54, 1.807) is 7.11 Å². The molecule has 0 spiro atoms. The van der Waals surface area contributed by atoms with Gasteiger partial charge in [0.1, 0.15) is 11.4 Å². The molecule has 0 saturated carbocycles. The maximum absolute atomic E-state index is 6.48. The molecule has 31 heavy (non-hydrogen) atoms. The average Bonchev–Trinajstić information content (AvgIpc) is 2.75. The summed E-state index contributed by atoms with van der Waals surface area (Å²) in [5.74, 6) is 1.31. The second-order valence-corrected chi connectivity index (χ2v) is 8.05. The van der Waals surface area contributed by atoms with Gasteiger partial charge in [0.25, 0.3) is 0 Å². The first kappa shape index (κ1) is 21.3. The highest BCUT2D eigenvalue weighted by atomic mass is 16.5. The summed E-state index contributed by atoms with van der Waals surface area (Å²) in [6, 6.07) is 4.00. The molecular weight excluding hydrogens is 396 g/mol. The van der Waals surface area contributed by atoms with Crippen molar-refractivity contribution in [1.29, 1.82) is 0 Å². The zero-order valence-electron chi connectivity index (χ0n) is 18.3. The van der Waals surface area contributed by atoms with Crippen molar-refractivity contribution >= 4 is 28.8 Å². The van der Waals surface area contributed by atoms with Crippen molar-refractivity contribution in [2.45, 2.75) is 6.42 Å². The van der Waals surface area contributed by atoms with Crippen LogP contribution in [0.2, 0.25) is 0 Å². The van der Waals surface area contributed by atoms with Gasteiger partial charge in [0, 0.05) is 57.3 Å². The molecule has 2 aliphatic rings. The molecule has 2 saturated heterocycles. The van der Waals surface area contributed by atoms with E-state index in [0.717, 1.165) is 73.3 Å². The largest absolute Gasteiger partial charge is 0.496 e. The van der Waals surface area contributed by atoms with E-state index in [1.165, 1.54) is 0 Å². The van der Waals surface area contributed by atoms with E-state index >= 15 is 0 Å². The lowest BCUT2D eigenvalue weighted by molar-refractivity contribution is 0.122. The van der Waals surface area contributed by atoms with Gasteiger partial charge in [-0.15, -0.1) is 0 Å². The Morgan fingerprint density at radius 2 is 1.68 bits per heavy atom. The first-order valence-corrected chi connectivity index (χ1v) is 10.6. The third-order valence-electron chi connectivity index (χ3n) is 5.96. The molecule has 1 aromatic carbocycles. The lowest BCUT2D eigenvalue weighted by Crippen LogP contribution is -2.44. The maximum Gasteiger partial charge on any atom is 0.222 e. The first-order chi connectivity index (χ1) is 15.0. The zero-order valence-corrected chi connectivity index (χ0v) is 18.3. The standard InChI is InChI=1S/C21H32N8O2/c1-27-3-5-28(6-4-27)17-13-18(30-2)14(11-15(17)22)12-16-19(20(23)26-21(24)25-16)29-7-9-31-10-8-29/h11,13H,3-10,12,22H2,1-2H3,(H4,23,24,25,26). The Hall–Kier alpha value is -2.98. The molecule has 0 atom stereocenters. The van der Waals surface area contributed by atoms with E-state index in [2.05, 4.69) is 31.7 Å². The summed E-state index contributed by atoms with van der Waals surface area (Å²) in [5, 5.41) is 0. The van der Waals surface area contributed by atoms with E-state index < -0.39 is 0 Å². The van der Waals surface area contributed by atoms with Gasteiger partial charge in [0.2, 0.25) is 5.95 Å². The molecule has 2 aromatic rings. The van der Waals surface area contributed by atoms with Crippen LogP contribution in [0.4, 0.5) is 28.8 Å². The molecule has 10 nitrogen and oxygen atoms in total. The quantitative estimate of drug-likeness (QED) is 0.575. The molecule has 0 amide bonds. The fourth-order valence-corrected chi connectivity index (χ4v) is 4.26. The van der Waals surface area contributed by atoms with E-state index in [1.807, 2.05) is 12.1 Å². The summed E-state index contributed by atoms with van der Waals surface area (Å²) < 4.78 is 11.2. The van der Waals surface area contributed by atoms with Crippen molar-refractivity contribution in [1.82, 2.24) is 14.9 Å². The van der Waals surface area contributed by atoms with Crippen LogP contribution in [0.1, 0.15) is 11.3 Å². The Balaban J connectivity index is 1.67. The lowest BCUT2D eigenvalue weighted by Gasteiger charge is -2.35. The predicted octanol–water partition coefficient (Wildman–Crippen LogP) is 0.411. The molecule has 10 heteroatoms. The number of hydrogen-bond donors (Lipinski definition) is 3. The fraction of sp³-hybridized carbons (Fsp3) is 0.524. The molecule has 0 aliphatic carbocycles. The molecule has 3 heterocycles. The topological polar surface area (TPSA) is 132 Å². The summed E-state index contributed by atoms with van der Waals surface area (Å²) in [4.78, 5) is 15.5. The Morgan fingerprint density at radius 1 is 0.968 bits per heavy atom. The number of rotatable bonds is 5. The Kier molecular flexibility index (Phi) is 6.19. The number of likely N-dealkylation sites (N-methyl/N-ethyl adjacent to an activating group) is 1. The number of ether oxygens (including phenoxy) is 2. The van der Waals surface area contributed by atoms with Crippen LogP contribution in [0.25, 0.3) is 0 Å². The fourth-order valence-electron chi connectivity index (χ4n) is 4.26. The van der Waals surface area contributed by atoms with Gasteiger partial charge in [-0.2, -0.15) is 4.98 Å². The molecule has 168 valence electrons. The van der Waals surface area contributed by atoms with Gasteiger partial charge in [-0.1, -0.05) is 0 Å². The number of piperazine rings is 1. The molecule has 0 unspecified atom stereocenters. The smallest absolute Gasteiger partial charge is 0.222 e. The maximum atomic E-state index is 6.48. The molecule has 2 aliphatic heterocycles. The second-order valence-electron chi connectivity index (χ2n) is 8.05. The third kappa shape index (κ3) is 4.54. The number of nitrogen functional groups attached to an aromatic ring is 3. The molecular formula is C21H32N8O2. The van der Waals surface area contributed by atoms with E-state index in [9.17, 15) is 0 Å². The van der Waals surface area contributed by atoms with Crippen LogP contribution in [0.3, 0.4) is 0 Å². The summed E-state index contributed by atoms with van der Waals surface area (Å²) in [5.41, 5.74) is 22.9. The highest BCUT2D eigenvalue weighted by Crippen LogP contribution is 2.36. The average molecular weight is 429 g/mol. The Morgan fingerprint density at radius 3 is 2.35 bits per heavy atom. The zero-order chi connectivity index (χ0) is 22.0. The van der Waals surface area contributed by atoms with Crippen LogP contribution in [-0.2, 0) is 11.2 Å². The minimum Gasteiger partial charge on any atom is -0.496 e. The van der Waals surface area contributed by atoms with Gasteiger partial charge >= 0.3 is 0 Å². The van der Waals surface area contributed by atoms with Crippen LogP contribution in [0.15, 0.2) is 12.1 Å². The lowest BCUT2D eigenvalue weighted by atomic mass is 10.0. The van der Waals surface area contributed by atoms with Crippen molar-refractivity contribution in [2.75, 3.05) is 93.6 Å². The first-order valence-electron chi connectivity index (χ1n) is 10.6. The molecule has 0 bridgehead atoms. The van der Waals surface area contributed by atoms with Gasteiger partial charge in [-0.05, 0) is 13.1 Å². The van der Waals surface area contributed by atoms with Gasteiger partial charge in [-0.3, -0.25) is 0 Å². The molecule has 2 fully saturated rings. The molecule has 4 rings (SSSR count). The van der Waals surface area contributed by atoms with Crippen molar-refractivity contribution in [2.24, 2.45) is 0 Å². The normalized spacial score (nSPS) is 17.7. The number of anilines is 5. The summed E-state index contributed by atoms with van der Waals surface area (Å²) in [7, 11) is 3.81. The number of hydrogen-bond acceptors (Lipinski definition) is 10. The van der Waals surface area contributed by atoms with Crippen LogP contribution in [-0.4, -0.2) is 81.5 Å². The number of aromatic nitrogens is 2. The summed E-state index contributed by atoms with van der Waals surface area (Å²) >= 11 is 0. The Bertz CT molecular complexity index is 924. The minimum atomic E-state index is 0.158. The van der Waals surface area contributed by atoms with Crippen LogP contribution < -0.4 is 31.7 Å². The van der Waals surface area contributed by atoms with Crippen molar-refractivity contribution in [3.05, 3.63) is 23.4 Å².